The van der Waals surface area contributed by atoms with Crippen LogP contribution < -0.4 is 15.6 Å². The molecule has 0 unspecified atom stereocenters. The number of rotatable bonds is 2. The predicted octanol–water partition coefficient (Wildman–Crippen LogP) is -0.683. The van der Waals surface area contributed by atoms with Crippen LogP contribution in [-0.2, 0) is 0 Å². The molecular weight excluding hydrogens is 196 g/mol. The summed E-state index contributed by atoms with van der Waals surface area (Å²) in [5.41, 5.74) is 1.43. The Morgan fingerprint density at radius 2 is 2.27 bits per heavy atom. The van der Waals surface area contributed by atoms with Crippen LogP contribution in [0, 0.1) is 0 Å². The largest absolute Gasteiger partial charge is 0.539 e. The minimum atomic E-state index is -0.505. The molecule has 1 aromatic heterocycles. The summed E-state index contributed by atoms with van der Waals surface area (Å²) in [4.78, 5) is 0. The molecule has 0 bridgehead atoms. The summed E-state index contributed by atoms with van der Waals surface area (Å²) in [5, 5.41) is 17.8. The maximum atomic E-state index is 10.8. The number of hydrogen-bond acceptors (Lipinski definition) is 5. The van der Waals surface area contributed by atoms with Gasteiger partial charge in [0.05, 0.1) is 17.0 Å². The summed E-state index contributed by atoms with van der Waals surface area (Å²) in [6.45, 7) is 0. The van der Waals surface area contributed by atoms with E-state index in [0.29, 0.717) is 5.69 Å². The van der Waals surface area contributed by atoms with Crippen LogP contribution in [0.4, 0.5) is 0 Å². The van der Waals surface area contributed by atoms with Crippen molar-refractivity contribution >= 4 is 6.21 Å². The fourth-order valence-electron chi connectivity index (χ4n) is 1.23. The Kier molecular flexibility index (Phi) is 2.32. The molecule has 0 aliphatic carbocycles. The van der Waals surface area contributed by atoms with E-state index >= 15 is 0 Å². The zero-order valence-electron chi connectivity index (χ0n) is 7.70. The van der Waals surface area contributed by atoms with Crippen molar-refractivity contribution in [2.45, 2.75) is 0 Å². The van der Waals surface area contributed by atoms with Crippen LogP contribution in [-0.4, -0.2) is 11.5 Å². The maximum Gasteiger partial charge on any atom is 0.248 e. The second-order valence-corrected chi connectivity index (χ2v) is 2.80. The Bertz CT molecular complexity index is 492. The first kappa shape index (κ1) is 9.20. The van der Waals surface area contributed by atoms with Gasteiger partial charge in [-0.05, 0) is 10.7 Å². The van der Waals surface area contributed by atoms with Crippen LogP contribution in [0.2, 0.25) is 0 Å². The second kappa shape index (κ2) is 3.79. The molecule has 0 saturated heterocycles. The third-order valence-corrected chi connectivity index (χ3v) is 1.84. The fourth-order valence-corrected chi connectivity index (χ4v) is 1.23. The van der Waals surface area contributed by atoms with Crippen LogP contribution in [0.3, 0.4) is 0 Å². The molecule has 2 N–H and O–H groups in total. The van der Waals surface area contributed by atoms with Crippen molar-refractivity contribution in [3.8, 4) is 11.6 Å². The number of hydrogen-bond donors (Lipinski definition) is 1. The lowest BCUT2D eigenvalue weighted by Gasteiger charge is -1.93. The van der Waals surface area contributed by atoms with Crippen molar-refractivity contribution in [2.24, 2.45) is 10.9 Å². The van der Waals surface area contributed by atoms with E-state index in [9.17, 15) is 5.11 Å². The van der Waals surface area contributed by atoms with Gasteiger partial charge in [-0.3, -0.25) is 0 Å². The molecule has 76 valence electrons. The number of nitrogens with zero attached hydrogens (tertiary/aromatic N) is 3. The van der Waals surface area contributed by atoms with Crippen LogP contribution in [0.5, 0.6) is 5.95 Å². The van der Waals surface area contributed by atoms with Gasteiger partial charge in [0.2, 0.25) is 11.9 Å². The van der Waals surface area contributed by atoms with Crippen molar-refractivity contribution in [2.75, 3.05) is 0 Å². The van der Waals surface area contributed by atoms with Crippen molar-refractivity contribution in [1.29, 1.82) is 0 Å². The molecule has 0 amide bonds. The quantitative estimate of drug-likeness (QED) is 0.303. The zero-order chi connectivity index (χ0) is 10.7. The van der Waals surface area contributed by atoms with E-state index in [2.05, 4.69) is 14.9 Å². The highest BCUT2D eigenvalue weighted by Crippen LogP contribution is 2.06. The van der Waals surface area contributed by atoms with Gasteiger partial charge in [0, 0.05) is 6.07 Å². The molecule has 1 aromatic carbocycles. The summed E-state index contributed by atoms with van der Waals surface area (Å²) in [7, 11) is 0. The van der Waals surface area contributed by atoms with Crippen LogP contribution >= 0.6 is 0 Å². The van der Waals surface area contributed by atoms with E-state index in [1.807, 2.05) is 12.1 Å². The number of para-hydroxylation sites is 1. The van der Waals surface area contributed by atoms with Gasteiger partial charge in [-0.15, -0.1) is 0 Å². The molecule has 0 atom stereocenters. The lowest BCUT2D eigenvalue weighted by atomic mass is 10.2. The first-order valence-corrected chi connectivity index (χ1v) is 4.19. The third kappa shape index (κ3) is 1.78. The predicted molar refractivity (Wildman–Crippen MR) is 49.3 cm³/mol. The van der Waals surface area contributed by atoms with E-state index in [-0.39, 0.29) is 0 Å². The molecule has 6 heteroatoms. The molecule has 0 saturated carbocycles. The Labute approximate surface area is 85.2 Å². The molecule has 2 aromatic rings. The molecule has 2 rings (SSSR count). The highest BCUT2D eigenvalue weighted by molar-refractivity contribution is 5.83. The second-order valence-electron chi connectivity index (χ2n) is 2.80. The molecule has 0 aliphatic heterocycles. The van der Waals surface area contributed by atoms with Crippen LogP contribution in [0.1, 0.15) is 5.56 Å². The van der Waals surface area contributed by atoms with Gasteiger partial charge in [0.15, 0.2) is 0 Å². The van der Waals surface area contributed by atoms with Gasteiger partial charge in [-0.1, -0.05) is 12.1 Å². The molecule has 1 heterocycles. The zero-order valence-corrected chi connectivity index (χ0v) is 7.70. The average molecular weight is 204 g/mol. The molecule has 6 nitrogen and oxygen atoms in total. The van der Waals surface area contributed by atoms with Gasteiger partial charge in [-0.25, -0.2) is 0 Å². The number of aromatic nitrogens is 2. The van der Waals surface area contributed by atoms with Crippen LogP contribution in [0.15, 0.2) is 40.1 Å². The molecule has 0 radical (unpaired) electrons. The Hall–Kier alpha value is -2.37. The average Bonchev–Trinajstić information content (AvgIpc) is 2.66. The van der Waals surface area contributed by atoms with E-state index in [1.54, 1.807) is 12.1 Å². The minimum absolute atomic E-state index is 0.505. The summed E-state index contributed by atoms with van der Waals surface area (Å²) < 4.78 is 5.77. The van der Waals surface area contributed by atoms with Gasteiger partial charge in [0.1, 0.15) is 5.95 Å². The lowest BCUT2D eigenvalue weighted by Crippen LogP contribution is -2.32. The fraction of sp³-hybridized carbons (Fsp3) is 0. The number of hydrazone groups is 1. The van der Waals surface area contributed by atoms with E-state index < -0.39 is 5.95 Å². The number of benzene rings is 1. The molecular formula is C9H8N4O2. The first-order valence-electron chi connectivity index (χ1n) is 4.19. The monoisotopic (exact) mass is 204 g/mol. The van der Waals surface area contributed by atoms with Gasteiger partial charge in [-0.2, -0.15) is 5.10 Å². The summed E-state index contributed by atoms with van der Waals surface area (Å²) in [6, 6.07) is 7.23. The Morgan fingerprint density at radius 3 is 2.93 bits per heavy atom. The maximum absolute atomic E-state index is 10.8. The lowest BCUT2D eigenvalue weighted by molar-refractivity contribution is -0.670. The van der Waals surface area contributed by atoms with E-state index in [1.165, 1.54) is 17.1 Å². The van der Waals surface area contributed by atoms with E-state index in [0.717, 1.165) is 5.56 Å². The topological polar surface area (TPSA) is 91.3 Å². The van der Waals surface area contributed by atoms with Crippen LogP contribution in [0.25, 0.3) is 5.69 Å². The SMILES string of the molecule is NN=Cc1ccccc1-[n+]1cc([O-])on1. The summed E-state index contributed by atoms with van der Waals surface area (Å²) in [5.74, 6) is 4.56. The van der Waals surface area contributed by atoms with Crippen molar-refractivity contribution in [1.82, 2.24) is 5.27 Å². The molecule has 15 heavy (non-hydrogen) atoms. The van der Waals surface area contributed by atoms with Gasteiger partial charge < -0.3 is 15.5 Å². The minimum Gasteiger partial charge on any atom is -0.539 e. The van der Waals surface area contributed by atoms with Gasteiger partial charge >= 0.3 is 0 Å². The Balaban J connectivity index is 2.52. The van der Waals surface area contributed by atoms with E-state index in [4.69, 9.17) is 5.84 Å². The first-order chi connectivity index (χ1) is 7.31. The molecule has 0 spiro atoms. The summed E-state index contributed by atoms with van der Waals surface area (Å²) >= 11 is 0. The standard InChI is InChI=1S/C9H8N4O2/c10-11-5-7-3-1-2-4-8(7)13-6-9(14)15-12-13/h1-6H,(H2-,10,12,14). The third-order valence-electron chi connectivity index (χ3n) is 1.84. The molecule has 0 aliphatic rings. The Morgan fingerprint density at radius 1 is 1.47 bits per heavy atom. The highest BCUT2D eigenvalue weighted by atomic mass is 16.6. The van der Waals surface area contributed by atoms with Crippen molar-refractivity contribution < 1.29 is 14.3 Å². The van der Waals surface area contributed by atoms with Crippen molar-refractivity contribution in [3.63, 3.8) is 0 Å². The molecule has 0 fully saturated rings. The summed E-state index contributed by atoms with van der Waals surface area (Å²) in [6.07, 6.45) is 2.71. The smallest absolute Gasteiger partial charge is 0.248 e. The number of nitrogens with two attached hydrogens (primary N) is 1. The van der Waals surface area contributed by atoms with Gasteiger partial charge in [0.25, 0.3) is 0 Å². The van der Waals surface area contributed by atoms with Crippen molar-refractivity contribution in [3.05, 3.63) is 36.0 Å². The highest BCUT2D eigenvalue weighted by Gasteiger charge is 2.12. The normalized spacial score (nSPS) is 10.9.